The normalized spacial score (nSPS) is 18.6. The van der Waals surface area contributed by atoms with Crippen LogP contribution in [0.5, 0.6) is 17.2 Å². The molecule has 0 aromatic heterocycles. The molecule has 0 N–H and O–H groups in total. The first-order valence-electron chi connectivity index (χ1n) is 9.26. The summed E-state index contributed by atoms with van der Waals surface area (Å²) in [6, 6.07) is 2.60. The van der Waals surface area contributed by atoms with Crippen LogP contribution in [-0.4, -0.2) is 19.6 Å². The molecule has 3 nitrogen and oxygen atoms in total. The van der Waals surface area contributed by atoms with Crippen LogP contribution in [0, 0.1) is 17.7 Å². The van der Waals surface area contributed by atoms with Crippen LogP contribution in [0.1, 0.15) is 51.4 Å². The summed E-state index contributed by atoms with van der Waals surface area (Å²) in [4.78, 5) is 0. The van der Waals surface area contributed by atoms with Crippen LogP contribution < -0.4 is 14.2 Å². The highest BCUT2D eigenvalue weighted by atomic mass is 19.4. The molecule has 0 aliphatic heterocycles. The molecule has 2 aliphatic carbocycles. The zero-order valence-corrected chi connectivity index (χ0v) is 14.6. The van der Waals surface area contributed by atoms with E-state index >= 15 is 0 Å². The highest BCUT2D eigenvalue weighted by molar-refractivity contribution is 5.47. The second-order valence-electron chi connectivity index (χ2n) is 7.15. The number of halogens is 4. The van der Waals surface area contributed by atoms with Crippen LogP contribution in [0.15, 0.2) is 12.1 Å². The van der Waals surface area contributed by atoms with E-state index in [-0.39, 0.29) is 30.6 Å². The number of alkyl halides is 3. The van der Waals surface area contributed by atoms with Gasteiger partial charge in [0, 0.05) is 0 Å². The lowest BCUT2D eigenvalue weighted by atomic mass is 9.83. The summed E-state index contributed by atoms with van der Waals surface area (Å²) in [5.41, 5.74) is 0. The van der Waals surface area contributed by atoms with E-state index in [9.17, 15) is 17.6 Å². The van der Waals surface area contributed by atoms with Gasteiger partial charge in [-0.05, 0) is 43.2 Å². The van der Waals surface area contributed by atoms with Crippen molar-refractivity contribution in [1.29, 1.82) is 0 Å². The van der Waals surface area contributed by atoms with E-state index in [1.165, 1.54) is 18.6 Å². The molecule has 1 aromatic rings. The second kappa shape index (κ2) is 8.35. The van der Waals surface area contributed by atoms with Gasteiger partial charge in [-0.2, -0.15) is 4.39 Å². The summed E-state index contributed by atoms with van der Waals surface area (Å²) in [6.45, 7) is 0.533. The number of benzene rings is 1. The average molecular weight is 376 g/mol. The van der Waals surface area contributed by atoms with Crippen LogP contribution >= 0.6 is 0 Å². The van der Waals surface area contributed by atoms with E-state index in [4.69, 9.17) is 9.47 Å². The summed E-state index contributed by atoms with van der Waals surface area (Å²) in [5.74, 6) is -1.74. The van der Waals surface area contributed by atoms with Gasteiger partial charge in [0.2, 0.25) is 11.6 Å². The van der Waals surface area contributed by atoms with E-state index in [0.717, 1.165) is 44.9 Å². The maximum Gasteiger partial charge on any atom is 0.573 e. The van der Waals surface area contributed by atoms with Crippen LogP contribution in [0.25, 0.3) is 0 Å². The molecule has 2 saturated carbocycles. The molecule has 0 heterocycles. The van der Waals surface area contributed by atoms with Gasteiger partial charge in [-0.15, -0.1) is 13.2 Å². The van der Waals surface area contributed by atoms with Crippen molar-refractivity contribution in [3.8, 4) is 17.2 Å². The van der Waals surface area contributed by atoms with Gasteiger partial charge in [0.1, 0.15) is 0 Å². The van der Waals surface area contributed by atoms with Gasteiger partial charge in [-0.1, -0.05) is 32.1 Å². The minimum absolute atomic E-state index is 0.238. The molecule has 0 saturated heterocycles. The third-order valence-corrected chi connectivity index (χ3v) is 5.20. The molecule has 0 bridgehead atoms. The summed E-state index contributed by atoms with van der Waals surface area (Å²) >= 11 is 0. The number of hydrogen-bond acceptors (Lipinski definition) is 3. The van der Waals surface area contributed by atoms with Crippen LogP contribution in [0.4, 0.5) is 17.6 Å². The monoisotopic (exact) mass is 376 g/mol. The van der Waals surface area contributed by atoms with E-state index < -0.39 is 17.9 Å². The fraction of sp³-hybridized carbons (Fsp3) is 0.684. The van der Waals surface area contributed by atoms with Crippen molar-refractivity contribution in [1.82, 2.24) is 0 Å². The molecule has 7 heteroatoms. The van der Waals surface area contributed by atoms with Crippen molar-refractivity contribution in [3.05, 3.63) is 17.9 Å². The van der Waals surface area contributed by atoms with Gasteiger partial charge in [-0.25, -0.2) is 0 Å². The number of rotatable bonds is 8. The van der Waals surface area contributed by atoms with Crippen molar-refractivity contribution in [2.75, 3.05) is 13.2 Å². The molecule has 2 aliphatic rings. The summed E-state index contributed by atoms with van der Waals surface area (Å²) < 4.78 is 67.4. The largest absolute Gasteiger partial charge is 0.573 e. The van der Waals surface area contributed by atoms with Crippen LogP contribution in [-0.2, 0) is 0 Å². The Morgan fingerprint density at radius 1 is 0.885 bits per heavy atom. The average Bonchev–Trinajstić information content (AvgIpc) is 3.04. The van der Waals surface area contributed by atoms with E-state index in [0.29, 0.717) is 5.92 Å². The minimum Gasteiger partial charge on any atom is -0.490 e. The molecule has 3 rings (SSSR count). The lowest BCUT2D eigenvalue weighted by Crippen LogP contribution is -2.20. The summed E-state index contributed by atoms with van der Waals surface area (Å²) in [7, 11) is 0. The Labute approximate surface area is 150 Å². The van der Waals surface area contributed by atoms with Gasteiger partial charge in [0.15, 0.2) is 11.5 Å². The predicted molar refractivity (Wildman–Crippen MR) is 88.0 cm³/mol. The topological polar surface area (TPSA) is 27.7 Å². The minimum atomic E-state index is -5.00. The number of ether oxygens (including phenoxy) is 3. The predicted octanol–water partition coefficient (Wildman–Crippen LogP) is 5.86. The van der Waals surface area contributed by atoms with Crippen molar-refractivity contribution in [2.24, 2.45) is 11.8 Å². The highest BCUT2D eigenvalue weighted by Gasteiger charge is 2.35. The molecule has 26 heavy (non-hydrogen) atoms. The van der Waals surface area contributed by atoms with Crippen LogP contribution in [0.2, 0.25) is 0 Å². The van der Waals surface area contributed by atoms with Gasteiger partial charge in [0.25, 0.3) is 0 Å². The molecule has 0 atom stereocenters. The first-order chi connectivity index (χ1) is 12.4. The van der Waals surface area contributed by atoms with E-state index in [1.54, 1.807) is 0 Å². The Hall–Kier alpha value is -1.66. The number of hydrogen-bond donors (Lipinski definition) is 0. The van der Waals surface area contributed by atoms with Crippen molar-refractivity contribution >= 4 is 0 Å². The Kier molecular flexibility index (Phi) is 6.14. The molecule has 0 spiro atoms. The fourth-order valence-corrected chi connectivity index (χ4v) is 3.46. The van der Waals surface area contributed by atoms with Crippen molar-refractivity contribution in [2.45, 2.75) is 57.7 Å². The fourth-order valence-electron chi connectivity index (χ4n) is 3.46. The first kappa shape index (κ1) is 19.1. The Bertz CT molecular complexity index is 593. The molecular formula is C19H24F4O3. The molecule has 0 unspecified atom stereocenters. The Morgan fingerprint density at radius 3 is 2.15 bits per heavy atom. The SMILES string of the molecule is Fc1c(OCCC2CCC2)ccc(OCC2CCCC2)c1OC(F)(F)F. The third kappa shape index (κ3) is 5.17. The highest BCUT2D eigenvalue weighted by Crippen LogP contribution is 2.40. The maximum atomic E-state index is 14.6. The Balaban J connectivity index is 1.68. The zero-order chi connectivity index (χ0) is 18.6. The van der Waals surface area contributed by atoms with Gasteiger partial charge in [0.05, 0.1) is 13.2 Å². The lowest BCUT2D eigenvalue weighted by Gasteiger charge is -2.25. The zero-order valence-electron chi connectivity index (χ0n) is 14.6. The molecule has 0 amide bonds. The quantitative estimate of drug-likeness (QED) is 0.532. The van der Waals surface area contributed by atoms with Gasteiger partial charge in [-0.3, -0.25) is 0 Å². The standard InChI is InChI=1S/C19H24F4O3/c20-17-15(24-11-10-13-6-3-7-13)8-9-16(18(17)26-19(21,22)23)25-12-14-4-1-2-5-14/h8-9,13-14H,1-7,10-12H2. The second-order valence-corrected chi connectivity index (χ2v) is 7.15. The molecule has 146 valence electrons. The lowest BCUT2D eigenvalue weighted by molar-refractivity contribution is -0.276. The third-order valence-electron chi connectivity index (χ3n) is 5.20. The summed E-state index contributed by atoms with van der Waals surface area (Å²) in [6.07, 6.45) is 3.33. The smallest absolute Gasteiger partial charge is 0.490 e. The first-order valence-corrected chi connectivity index (χ1v) is 9.26. The van der Waals surface area contributed by atoms with Gasteiger partial charge < -0.3 is 14.2 Å². The van der Waals surface area contributed by atoms with Crippen LogP contribution in [0.3, 0.4) is 0 Å². The molecule has 1 aromatic carbocycles. The Morgan fingerprint density at radius 2 is 1.54 bits per heavy atom. The van der Waals surface area contributed by atoms with Crippen molar-refractivity contribution in [3.63, 3.8) is 0 Å². The molecule has 2 fully saturated rings. The van der Waals surface area contributed by atoms with E-state index in [2.05, 4.69) is 4.74 Å². The van der Waals surface area contributed by atoms with Gasteiger partial charge >= 0.3 is 6.36 Å². The van der Waals surface area contributed by atoms with Crippen molar-refractivity contribution < 1.29 is 31.8 Å². The maximum absolute atomic E-state index is 14.6. The van der Waals surface area contributed by atoms with E-state index in [1.807, 2.05) is 0 Å². The molecule has 0 radical (unpaired) electrons. The molecular weight excluding hydrogens is 352 g/mol. The summed E-state index contributed by atoms with van der Waals surface area (Å²) in [5, 5.41) is 0.